The molecular weight excluding hydrogens is 414 g/mol. The molecule has 5 nitrogen and oxygen atoms in total. The highest BCUT2D eigenvalue weighted by molar-refractivity contribution is 6.00. The van der Waals surface area contributed by atoms with Crippen molar-refractivity contribution in [2.45, 2.75) is 60.8 Å². The molecule has 5 heteroatoms. The van der Waals surface area contributed by atoms with Crippen LogP contribution >= 0.6 is 0 Å². The normalized spacial score (nSPS) is 11.7. The van der Waals surface area contributed by atoms with Gasteiger partial charge >= 0.3 is 0 Å². The third-order valence-corrected chi connectivity index (χ3v) is 5.45. The topological polar surface area (TPSA) is 49.3 Å². The van der Waals surface area contributed by atoms with Gasteiger partial charge in [-0.05, 0) is 107 Å². The number of allylic oxidation sites excluding steroid dienone is 1. The van der Waals surface area contributed by atoms with Crippen molar-refractivity contribution in [1.29, 1.82) is 0 Å². The second kappa shape index (κ2) is 13.6. The molecule has 0 spiro atoms. The Hall–Kier alpha value is -2.95. The van der Waals surface area contributed by atoms with Gasteiger partial charge in [-0.15, -0.1) is 0 Å². The summed E-state index contributed by atoms with van der Waals surface area (Å²) in [6.45, 7) is 14.2. The lowest BCUT2D eigenvalue weighted by Gasteiger charge is -2.15. The maximum Gasteiger partial charge on any atom is 0.125 e. The Bertz CT molecular complexity index is 940. The highest BCUT2D eigenvalue weighted by atomic mass is 16.6. The van der Waals surface area contributed by atoms with Crippen molar-refractivity contribution in [2.24, 2.45) is 5.16 Å². The molecule has 2 rings (SSSR count). The van der Waals surface area contributed by atoms with Crippen molar-refractivity contribution in [1.82, 2.24) is 0 Å². The van der Waals surface area contributed by atoms with E-state index in [1.54, 1.807) is 7.11 Å². The summed E-state index contributed by atoms with van der Waals surface area (Å²) in [6, 6.07) is 8.27. The number of rotatable bonds is 13. The highest BCUT2D eigenvalue weighted by Gasteiger charge is 2.09. The van der Waals surface area contributed by atoms with Crippen LogP contribution in [0.15, 0.2) is 41.6 Å². The van der Waals surface area contributed by atoms with Crippen molar-refractivity contribution < 1.29 is 19.0 Å². The van der Waals surface area contributed by atoms with Gasteiger partial charge in [-0.2, -0.15) is 0 Å². The van der Waals surface area contributed by atoms with Crippen molar-refractivity contribution in [2.75, 3.05) is 26.9 Å². The molecule has 0 saturated heterocycles. The molecule has 0 unspecified atom stereocenters. The van der Waals surface area contributed by atoms with Crippen LogP contribution in [0.4, 0.5) is 0 Å². The summed E-state index contributed by atoms with van der Waals surface area (Å²) in [5, 5.41) is 4.04. The second-order valence-electron chi connectivity index (χ2n) is 8.32. The van der Waals surface area contributed by atoms with Gasteiger partial charge in [0.05, 0.1) is 18.9 Å². The Kier molecular flexibility index (Phi) is 10.8. The SMILES string of the molecule is C/C=C/COc1cc(C)c(OCCCCCOc2cc(C)c(C(C)=NOC)cc2C)c(C)c1. The zero-order chi connectivity index (χ0) is 24.2. The van der Waals surface area contributed by atoms with Crippen LogP contribution in [0.3, 0.4) is 0 Å². The Labute approximate surface area is 199 Å². The lowest BCUT2D eigenvalue weighted by molar-refractivity contribution is 0.213. The van der Waals surface area contributed by atoms with Crippen LogP contribution in [-0.4, -0.2) is 32.6 Å². The van der Waals surface area contributed by atoms with Crippen LogP contribution in [-0.2, 0) is 4.84 Å². The fourth-order valence-electron chi connectivity index (χ4n) is 3.72. The van der Waals surface area contributed by atoms with E-state index in [1.807, 2.05) is 38.1 Å². The zero-order valence-corrected chi connectivity index (χ0v) is 21.3. The van der Waals surface area contributed by atoms with Crippen LogP contribution < -0.4 is 14.2 Å². The Morgan fingerprint density at radius 2 is 1.48 bits per heavy atom. The van der Waals surface area contributed by atoms with Crippen molar-refractivity contribution in [3.63, 3.8) is 0 Å². The fraction of sp³-hybridized carbons (Fsp3) is 0.464. The number of aryl methyl sites for hydroxylation is 4. The van der Waals surface area contributed by atoms with Gasteiger partial charge in [0.2, 0.25) is 0 Å². The minimum Gasteiger partial charge on any atom is -0.493 e. The van der Waals surface area contributed by atoms with E-state index in [-0.39, 0.29) is 0 Å². The Balaban J connectivity index is 1.75. The summed E-state index contributed by atoms with van der Waals surface area (Å²) in [7, 11) is 1.56. The summed E-state index contributed by atoms with van der Waals surface area (Å²) in [4.78, 5) is 4.90. The molecule has 0 saturated carbocycles. The number of hydrogen-bond donors (Lipinski definition) is 0. The van der Waals surface area contributed by atoms with Crippen LogP contribution in [0.1, 0.15) is 60.9 Å². The van der Waals surface area contributed by atoms with Crippen LogP contribution in [0.5, 0.6) is 17.2 Å². The highest BCUT2D eigenvalue weighted by Crippen LogP contribution is 2.29. The standard InChI is InChI=1S/C28H39NO4/c1-8-9-13-31-25-16-22(4)28(23(5)17-25)33-15-12-10-11-14-32-27-19-20(2)26(18-21(27)3)24(6)29-30-7/h8-9,16-19H,10-15H2,1-7H3/b9-8+,29-24?. The fourth-order valence-corrected chi connectivity index (χ4v) is 3.72. The lowest BCUT2D eigenvalue weighted by atomic mass is 10.0. The summed E-state index contributed by atoms with van der Waals surface area (Å²) >= 11 is 0. The zero-order valence-electron chi connectivity index (χ0n) is 21.3. The van der Waals surface area contributed by atoms with E-state index in [2.05, 4.69) is 45.0 Å². The molecule has 180 valence electrons. The molecule has 0 radical (unpaired) electrons. The molecule has 0 amide bonds. The van der Waals surface area contributed by atoms with Crippen molar-refractivity contribution >= 4 is 5.71 Å². The Morgan fingerprint density at radius 1 is 0.818 bits per heavy atom. The summed E-state index contributed by atoms with van der Waals surface area (Å²) in [5.74, 6) is 2.77. The van der Waals surface area contributed by atoms with E-state index >= 15 is 0 Å². The number of unbranched alkanes of at least 4 members (excludes halogenated alkanes) is 2. The van der Waals surface area contributed by atoms with E-state index in [1.165, 1.54) is 0 Å². The minimum atomic E-state index is 0.586. The minimum absolute atomic E-state index is 0.586. The van der Waals surface area contributed by atoms with Gasteiger partial charge in [-0.1, -0.05) is 17.3 Å². The summed E-state index contributed by atoms with van der Waals surface area (Å²) in [5.41, 5.74) is 6.40. The molecule has 0 fully saturated rings. The largest absolute Gasteiger partial charge is 0.493 e. The maximum absolute atomic E-state index is 6.07. The average molecular weight is 454 g/mol. The molecule has 0 aliphatic rings. The van der Waals surface area contributed by atoms with Crippen LogP contribution in [0.2, 0.25) is 0 Å². The smallest absolute Gasteiger partial charge is 0.125 e. The van der Waals surface area contributed by atoms with Crippen molar-refractivity contribution in [3.05, 3.63) is 64.2 Å². The van der Waals surface area contributed by atoms with Gasteiger partial charge in [0, 0.05) is 5.56 Å². The molecular formula is C28H39NO4. The first-order chi connectivity index (χ1) is 15.9. The molecule has 2 aromatic carbocycles. The van der Waals surface area contributed by atoms with Gasteiger partial charge in [-0.25, -0.2) is 0 Å². The van der Waals surface area contributed by atoms with E-state index in [0.29, 0.717) is 19.8 Å². The van der Waals surface area contributed by atoms with E-state index in [0.717, 1.165) is 70.0 Å². The van der Waals surface area contributed by atoms with E-state index in [9.17, 15) is 0 Å². The number of oxime groups is 1. The van der Waals surface area contributed by atoms with E-state index in [4.69, 9.17) is 19.0 Å². The molecule has 0 N–H and O–H groups in total. The third-order valence-electron chi connectivity index (χ3n) is 5.45. The molecule has 0 aliphatic heterocycles. The van der Waals surface area contributed by atoms with Gasteiger partial charge in [-0.3, -0.25) is 0 Å². The quantitative estimate of drug-likeness (QED) is 0.144. The number of nitrogens with zero attached hydrogens (tertiary/aromatic N) is 1. The first kappa shape index (κ1) is 26.3. The molecule has 0 bridgehead atoms. The van der Waals surface area contributed by atoms with E-state index < -0.39 is 0 Å². The summed E-state index contributed by atoms with van der Waals surface area (Å²) in [6.07, 6.45) is 7.02. The third kappa shape index (κ3) is 8.16. The molecule has 0 atom stereocenters. The lowest BCUT2D eigenvalue weighted by Crippen LogP contribution is -2.05. The summed E-state index contributed by atoms with van der Waals surface area (Å²) < 4.78 is 17.9. The first-order valence-corrected chi connectivity index (χ1v) is 11.7. The Morgan fingerprint density at radius 3 is 2.12 bits per heavy atom. The molecule has 2 aromatic rings. The second-order valence-corrected chi connectivity index (χ2v) is 8.32. The molecule has 0 heterocycles. The van der Waals surface area contributed by atoms with Gasteiger partial charge in [0.1, 0.15) is 31.0 Å². The predicted octanol–water partition coefficient (Wildman–Crippen LogP) is 6.87. The maximum atomic E-state index is 6.07. The number of ether oxygens (including phenoxy) is 3. The van der Waals surface area contributed by atoms with Gasteiger partial charge in [0.25, 0.3) is 0 Å². The molecule has 0 aromatic heterocycles. The van der Waals surface area contributed by atoms with Crippen LogP contribution in [0.25, 0.3) is 0 Å². The monoisotopic (exact) mass is 453 g/mol. The molecule has 33 heavy (non-hydrogen) atoms. The van der Waals surface area contributed by atoms with Gasteiger partial charge < -0.3 is 19.0 Å². The first-order valence-electron chi connectivity index (χ1n) is 11.7. The van der Waals surface area contributed by atoms with Crippen LogP contribution in [0, 0.1) is 27.7 Å². The predicted molar refractivity (Wildman–Crippen MR) is 136 cm³/mol. The van der Waals surface area contributed by atoms with Crippen molar-refractivity contribution in [3.8, 4) is 17.2 Å². The average Bonchev–Trinajstić information content (AvgIpc) is 2.77. The van der Waals surface area contributed by atoms with Gasteiger partial charge in [0.15, 0.2) is 0 Å². The number of benzene rings is 2. The molecule has 0 aliphatic carbocycles. The number of hydrogen-bond acceptors (Lipinski definition) is 5.